The molecule has 1 aliphatic rings. The van der Waals surface area contributed by atoms with Gasteiger partial charge in [0.25, 0.3) is 10.0 Å². The van der Waals surface area contributed by atoms with Gasteiger partial charge in [0.05, 0.1) is 17.0 Å². The second-order valence-electron chi connectivity index (χ2n) is 6.03. The minimum Gasteiger partial charge on any atom is -0.340 e. The average Bonchev–Trinajstić information content (AvgIpc) is 3.04. The van der Waals surface area contributed by atoms with Crippen molar-refractivity contribution in [3.63, 3.8) is 0 Å². The number of rotatable bonds is 5. The lowest BCUT2D eigenvalue weighted by Crippen LogP contribution is -2.46. The SMILES string of the molecule is Cc1c(Cl)cccc1S(=O)(=O)Nc1ccsc1CC(=O)N1CCNCC1. The van der Waals surface area contributed by atoms with Crippen LogP contribution in [0.5, 0.6) is 0 Å². The molecule has 1 aromatic heterocycles. The van der Waals surface area contributed by atoms with Crippen LogP contribution in [0.1, 0.15) is 10.4 Å². The molecule has 1 saturated heterocycles. The highest BCUT2D eigenvalue weighted by atomic mass is 35.5. The topological polar surface area (TPSA) is 78.5 Å². The summed E-state index contributed by atoms with van der Waals surface area (Å²) in [5.74, 6) is 0.00772. The van der Waals surface area contributed by atoms with E-state index in [4.69, 9.17) is 11.6 Å². The highest BCUT2D eigenvalue weighted by molar-refractivity contribution is 7.92. The first-order valence-electron chi connectivity index (χ1n) is 8.21. The lowest BCUT2D eigenvalue weighted by Gasteiger charge is -2.27. The number of benzene rings is 1. The minimum atomic E-state index is -3.78. The fourth-order valence-electron chi connectivity index (χ4n) is 2.81. The number of nitrogens with zero attached hydrogens (tertiary/aromatic N) is 1. The van der Waals surface area contributed by atoms with E-state index in [1.807, 2.05) is 0 Å². The molecule has 1 aliphatic heterocycles. The van der Waals surface area contributed by atoms with Crippen molar-refractivity contribution in [2.45, 2.75) is 18.2 Å². The maximum Gasteiger partial charge on any atom is 0.262 e. The van der Waals surface area contributed by atoms with E-state index in [0.717, 1.165) is 13.1 Å². The molecule has 0 unspecified atom stereocenters. The van der Waals surface area contributed by atoms with Crippen molar-refractivity contribution in [2.24, 2.45) is 0 Å². The monoisotopic (exact) mass is 413 g/mol. The lowest BCUT2D eigenvalue weighted by molar-refractivity contribution is -0.130. The molecular weight excluding hydrogens is 394 g/mol. The van der Waals surface area contributed by atoms with Gasteiger partial charge in [0.2, 0.25) is 5.91 Å². The van der Waals surface area contributed by atoms with Crippen LogP contribution < -0.4 is 10.0 Å². The van der Waals surface area contributed by atoms with Gasteiger partial charge < -0.3 is 10.2 Å². The average molecular weight is 414 g/mol. The van der Waals surface area contributed by atoms with Crippen molar-refractivity contribution in [3.05, 3.63) is 45.1 Å². The number of piperazine rings is 1. The lowest BCUT2D eigenvalue weighted by atomic mass is 10.2. The summed E-state index contributed by atoms with van der Waals surface area (Å²) in [5.41, 5.74) is 0.938. The molecule has 6 nitrogen and oxygen atoms in total. The summed E-state index contributed by atoms with van der Waals surface area (Å²) in [5, 5.41) is 5.38. The maximum absolute atomic E-state index is 12.7. The smallest absolute Gasteiger partial charge is 0.262 e. The zero-order valence-electron chi connectivity index (χ0n) is 14.3. The van der Waals surface area contributed by atoms with Crippen LogP contribution in [-0.4, -0.2) is 45.4 Å². The van der Waals surface area contributed by atoms with Gasteiger partial charge in [-0.2, -0.15) is 0 Å². The van der Waals surface area contributed by atoms with Crippen molar-refractivity contribution >= 4 is 44.6 Å². The second-order valence-corrected chi connectivity index (χ2v) is 9.09. The number of hydrogen-bond acceptors (Lipinski definition) is 5. The van der Waals surface area contributed by atoms with Crippen molar-refractivity contribution < 1.29 is 13.2 Å². The largest absolute Gasteiger partial charge is 0.340 e. The van der Waals surface area contributed by atoms with Crippen LogP contribution in [0.4, 0.5) is 5.69 Å². The Morgan fingerprint density at radius 2 is 2.04 bits per heavy atom. The summed E-state index contributed by atoms with van der Waals surface area (Å²) < 4.78 is 28.1. The second kappa shape index (κ2) is 7.96. The van der Waals surface area contributed by atoms with E-state index in [-0.39, 0.29) is 17.2 Å². The number of hydrogen-bond donors (Lipinski definition) is 2. The van der Waals surface area contributed by atoms with Crippen molar-refractivity contribution in [3.8, 4) is 0 Å². The van der Waals surface area contributed by atoms with Gasteiger partial charge in [-0.25, -0.2) is 8.42 Å². The Balaban J connectivity index is 1.78. The van der Waals surface area contributed by atoms with Gasteiger partial charge in [0.1, 0.15) is 0 Å². The van der Waals surface area contributed by atoms with Crippen molar-refractivity contribution in [1.29, 1.82) is 0 Å². The fourth-order valence-corrected chi connectivity index (χ4v) is 5.29. The first kappa shape index (κ1) is 19.2. The normalized spacial score (nSPS) is 15.1. The van der Waals surface area contributed by atoms with Crippen LogP contribution >= 0.6 is 22.9 Å². The number of anilines is 1. The van der Waals surface area contributed by atoms with Crippen molar-refractivity contribution in [2.75, 3.05) is 30.9 Å². The molecule has 26 heavy (non-hydrogen) atoms. The molecule has 0 atom stereocenters. The quantitative estimate of drug-likeness (QED) is 0.789. The first-order valence-corrected chi connectivity index (χ1v) is 11.0. The number of thiophene rings is 1. The molecule has 2 heterocycles. The van der Waals surface area contributed by atoms with Gasteiger partial charge in [0, 0.05) is 36.1 Å². The predicted molar refractivity (Wildman–Crippen MR) is 104 cm³/mol. The summed E-state index contributed by atoms with van der Waals surface area (Å²) in [6.45, 7) is 4.58. The molecule has 0 bridgehead atoms. The predicted octanol–water partition coefficient (Wildman–Crippen LogP) is 2.49. The molecule has 3 rings (SSSR count). The van der Waals surface area contributed by atoms with Crippen LogP contribution in [-0.2, 0) is 21.2 Å². The molecule has 140 valence electrons. The third-order valence-electron chi connectivity index (χ3n) is 4.28. The summed E-state index contributed by atoms with van der Waals surface area (Å²) in [6.07, 6.45) is 0.185. The summed E-state index contributed by atoms with van der Waals surface area (Å²) in [4.78, 5) is 15.1. The molecule has 2 aromatic rings. The molecule has 0 radical (unpaired) electrons. The Bertz CT molecular complexity index is 906. The van der Waals surface area contributed by atoms with E-state index in [9.17, 15) is 13.2 Å². The van der Waals surface area contributed by atoms with Crippen molar-refractivity contribution in [1.82, 2.24) is 10.2 Å². The fraction of sp³-hybridized carbons (Fsp3) is 0.353. The minimum absolute atomic E-state index is 0.00772. The molecule has 0 saturated carbocycles. The van der Waals surface area contributed by atoms with Crippen LogP contribution in [0.15, 0.2) is 34.5 Å². The Hall–Kier alpha value is -1.61. The van der Waals surface area contributed by atoms with Gasteiger partial charge in [-0.1, -0.05) is 17.7 Å². The third kappa shape index (κ3) is 4.20. The van der Waals surface area contributed by atoms with Crippen LogP contribution in [0.3, 0.4) is 0 Å². The van der Waals surface area contributed by atoms with Gasteiger partial charge in [-0.3, -0.25) is 9.52 Å². The first-order chi connectivity index (χ1) is 12.4. The highest BCUT2D eigenvalue weighted by Gasteiger charge is 2.22. The van der Waals surface area contributed by atoms with Crippen LogP contribution in [0.2, 0.25) is 5.02 Å². The summed E-state index contributed by atoms with van der Waals surface area (Å²) in [7, 11) is -3.78. The van der Waals surface area contributed by atoms with E-state index in [2.05, 4.69) is 10.0 Å². The van der Waals surface area contributed by atoms with E-state index < -0.39 is 10.0 Å². The number of nitrogens with one attached hydrogen (secondary N) is 2. The van der Waals surface area contributed by atoms with E-state index in [0.29, 0.717) is 34.2 Å². The van der Waals surface area contributed by atoms with Crippen LogP contribution in [0.25, 0.3) is 0 Å². The maximum atomic E-state index is 12.7. The molecule has 1 fully saturated rings. The molecule has 1 amide bonds. The number of carbonyl (C=O) groups excluding carboxylic acids is 1. The van der Waals surface area contributed by atoms with E-state index in [1.165, 1.54) is 17.4 Å². The zero-order chi connectivity index (χ0) is 18.7. The molecular formula is C17H20ClN3O3S2. The summed E-state index contributed by atoms with van der Waals surface area (Å²) in [6, 6.07) is 6.45. The zero-order valence-corrected chi connectivity index (χ0v) is 16.7. The molecule has 9 heteroatoms. The Morgan fingerprint density at radius 1 is 1.31 bits per heavy atom. The number of halogens is 1. The number of amides is 1. The molecule has 1 aromatic carbocycles. The Labute approximate surface area is 162 Å². The molecule has 0 spiro atoms. The van der Waals surface area contributed by atoms with Gasteiger partial charge in [0.15, 0.2) is 0 Å². The number of carbonyl (C=O) groups is 1. The van der Waals surface area contributed by atoms with Gasteiger partial charge >= 0.3 is 0 Å². The summed E-state index contributed by atoms with van der Waals surface area (Å²) >= 11 is 7.41. The Morgan fingerprint density at radius 3 is 2.77 bits per heavy atom. The van der Waals surface area contributed by atoms with Crippen LogP contribution in [0, 0.1) is 6.92 Å². The number of sulfonamides is 1. The molecule has 0 aliphatic carbocycles. The van der Waals surface area contributed by atoms with Gasteiger partial charge in [-0.15, -0.1) is 11.3 Å². The Kier molecular flexibility index (Phi) is 5.86. The molecule has 2 N–H and O–H groups in total. The standard InChI is InChI=1S/C17H20ClN3O3S2/c1-12-13(18)3-2-4-16(12)26(23,24)20-14-5-10-25-15(14)11-17(22)21-8-6-19-7-9-21/h2-5,10,19-20H,6-9,11H2,1H3. The van der Waals surface area contributed by atoms with E-state index in [1.54, 1.807) is 35.4 Å². The van der Waals surface area contributed by atoms with Gasteiger partial charge in [-0.05, 0) is 36.1 Å². The highest BCUT2D eigenvalue weighted by Crippen LogP contribution is 2.29. The third-order valence-corrected chi connectivity index (χ3v) is 7.12. The van der Waals surface area contributed by atoms with E-state index >= 15 is 0 Å².